The van der Waals surface area contributed by atoms with Gasteiger partial charge in [0.2, 0.25) is 0 Å². The van der Waals surface area contributed by atoms with Gasteiger partial charge in [-0.15, -0.1) is 13.2 Å². The summed E-state index contributed by atoms with van der Waals surface area (Å²) in [5.41, 5.74) is 10.6. The molecule has 34 heavy (non-hydrogen) atoms. The summed E-state index contributed by atoms with van der Waals surface area (Å²) in [5, 5.41) is 13.6. The maximum Gasteiger partial charge on any atom is 0.292 e. The van der Waals surface area contributed by atoms with Gasteiger partial charge in [-0.25, -0.2) is 0 Å². The highest BCUT2D eigenvalue weighted by atomic mass is 16.5. The maximum absolute atomic E-state index is 8.95. The van der Waals surface area contributed by atoms with E-state index in [1.165, 1.54) is 57.2 Å². The van der Waals surface area contributed by atoms with Gasteiger partial charge in [0.15, 0.2) is 0 Å². The summed E-state index contributed by atoms with van der Waals surface area (Å²) >= 11 is 0. The first-order valence-corrected chi connectivity index (χ1v) is 11.7. The Bertz CT molecular complexity index is 1070. The number of aliphatic hydroxyl groups is 1. The number of benzene rings is 2. The van der Waals surface area contributed by atoms with Crippen molar-refractivity contribution in [2.75, 3.05) is 19.0 Å². The molecule has 1 aromatic heterocycles. The second-order valence-electron chi connectivity index (χ2n) is 9.20. The lowest BCUT2D eigenvalue weighted by molar-refractivity contribution is -0.126. The van der Waals surface area contributed by atoms with Crippen molar-refractivity contribution in [2.45, 2.75) is 67.0 Å². The molecule has 0 spiro atoms. The minimum Gasteiger partial charge on any atom is -0.471 e. The molecule has 186 valence electrons. The lowest BCUT2D eigenvalue weighted by Gasteiger charge is -2.25. The molecule has 0 fully saturated rings. The first-order valence-electron chi connectivity index (χ1n) is 11.7. The van der Waals surface area contributed by atoms with Crippen LogP contribution in [0.15, 0.2) is 43.5 Å². The van der Waals surface area contributed by atoms with Gasteiger partial charge in [0.05, 0.1) is 23.9 Å². The van der Waals surface area contributed by atoms with Crippen molar-refractivity contribution in [2.24, 2.45) is 0 Å². The molecule has 2 N–H and O–H groups in total. The number of carbonyl (C=O) groups excluding carboxylic acids is 1. The molecule has 0 atom stereocenters. The number of nitrogens with zero attached hydrogens (tertiary/aromatic N) is 1. The Kier molecular flexibility index (Phi) is 11.1. The van der Waals surface area contributed by atoms with Crippen LogP contribution in [-0.2, 0) is 22.5 Å². The second-order valence-corrected chi connectivity index (χ2v) is 9.20. The lowest BCUT2D eigenvalue weighted by atomic mass is 9.89. The Hall–Kier alpha value is -3.05. The van der Waals surface area contributed by atoms with Gasteiger partial charge in [-0.1, -0.05) is 36.8 Å². The van der Waals surface area contributed by atoms with E-state index >= 15 is 0 Å². The molecule has 0 amide bonds. The molecule has 0 aliphatic carbocycles. The molecule has 1 aliphatic rings. The number of rotatable bonds is 3. The van der Waals surface area contributed by atoms with Crippen LogP contribution in [0.2, 0.25) is 0 Å². The summed E-state index contributed by atoms with van der Waals surface area (Å²) < 4.78 is 6.34. The fourth-order valence-electron chi connectivity index (χ4n) is 4.10. The predicted molar refractivity (Wildman–Crippen MR) is 146 cm³/mol. The van der Waals surface area contributed by atoms with Crippen molar-refractivity contribution < 1.29 is 14.6 Å². The molecule has 3 aromatic rings. The molecule has 5 heteroatoms. The zero-order chi connectivity index (χ0) is 26.1. The minimum absolute atomic E-state index is 0.375. The summed E-state index contributed by atoms with van der Waals surface area (Å²) in [6.07, 6.45) is 1.06. The third-order valence-electron chi connectivity index (χ3n) is 5.37. The predicted octanol–water partition coefficient (Wildman–Crippen LogP) is 6.59. The van der Waals surface area contributed by atoms with Crippen molar-refractivity contribution in [3.8, 4) is 11.1 Å². The van der Waals surface area contributed by atoms with Crippen LogP contribution >= 0.6 is 0 Å². The summed E-state index contributed by atoms with van der Waals surface area (Å²) in [5.74, 6) is 0. The quantitative estimate of drug-likeness (QED) is 0.338. The third-order valence-corrected chi connectivity index (χ3v) is 5.37. The molecule has 1 aliphatic heterocycles. The van der Waals surface area contributed by atoms with E-state index in [0.29, 0.717) is 6.47 Å². The van der Waals surface area contributed by atoms with Gasteiger partial charge in [-0.05, 0) is 76.3 Å². The highest BCUT2D eigenvalue weighted by Crippen LogP contribution is 2.42. The van der Waals surface area contributed by atoms with Gasteiger partial charge in [-0.2, -0.15) is 0 Å². The number of anilines is 1. The molecule has 5 nitrogen and oxygen atoms in total. The van der Waals surface area contributed by atoms with Gasteiger partial charge in [-0.3, -0.25) is 4.79 Å². The molecule has 0 bridgehead atoms. The van der Waals surface area contributed by atoms with Crippen LogP contribution in [-0.4, -0.2) is 35.4 Å². The third kappa shape index (κ3) is 7.22. The number of nitrogens with one attached hydrogen (secondary N) is 1. The first-order chi connectivity index (χ1) is 16.0. The van der Waals surface area contributed by atoms with Crippen LogP contribution in [0.5, 0.6) is 0 Å². The minimum atomic E-state index is -0.500. The maximum atomic E-state index is 8.95. The Labute approximate surface area is 205 Å². The average molecular weight is 467 g/mol. The molecule has 0 unspecified atom stereocenters. The van der Waals surface area contributed by atoms with Crippen molar-refractivity contribution in [3.05, 3.63) is 65.9 Å². The summed E-state index contributed by atoms with van der Waals surface area (Å²) in [4.78, 5) is 8.95. The number of methoxy groups -OCH3 is 1. The van der Waals surface area contributed by atoms with Crippen molar-refractivity contribution in [3.63, 3.8) is 0 Å². The van der Waals surface area contributed by atoms with Crippen LogP contribution in [0, 0.1) is 20.8 Å². The molecular weight excluding hydrogens is 424 g/mol. The molecule has 2 aromatic carbocycles. The fraction of sp³-hybridized carbons (Fsp3) is 0.414. The van der Waals surface area contributed by atoms with E-state index in [1.54, 1.807) is 20.8 Å². The van der Waals surface area contributed by atoms with E-state index in [4.69, 9.17) is 9.90 Å². The van der Waals surface area contributed by atoms with E-state index in [9.17, 15) is 0 Å². The topological polar surface area (TPSA) is 63.5 Å². The van der Waals surface area contributed by atoms with Crippen molar-refractivity contribution in [1.82, 2.24) is 4.57 Å². The van der Waals surface area contributed by atoms with E-state index in [-0.39, 0.29) is 0 Å². The Morgan fingerprint density at radius 1 is 1.15 bits per heavy atom. The van der Waals surface area contributed by atoms with E-state index in [1.807, 2.05) is 0 Å². The van der Waals surface area contributed by atoms with Crippen molar-refractivity contribution >= 4 is 23.1 Å². The van der Waals surface area contributed by atoms with Crippen molar-refractivity contribution in [1.29, 1.82) is 0 Å². The van der Waals surface area contributed by atoms with Crippen LogP contribution in [0.3, 0.4) is 0 Å². The molecular formula is C29H42N2O3. The zero-order valence-electron chi connectivity index (χ0n) is 22.2. The van der Waals surface area contributed by atoms with E-state index < -0.39 is 5.60 Å². The van der Waals surface area contributed by atoms with Gasteiger partial charge in [0.25, 0.3) is 6.47 Å². The summed E-state index contributed by atoms with van der Waals surface area (Å²) in [6, 6.07) is 11.4. The Morgan fingerprint density at radius 3 is 2.15 bits per heavy atom. The van der Waals surface area contributed by atoms with Crippen LogP contribution < -0.4 is 5.32 Å². The number of ether oxygens (including phenoxy) is 1. The smallest absolute Gasteiger partial charge is 0.292 e. The number of aromatic nitrogens is 1. The molecule has 0 radical (unpaired) electrons. The van der Waals surface area contributed by atoms with Gasteiger partial charge < -0.3 is 19.7 Å². The average Bonchev–Trinajstić information content (AvgIpc) is 3.14. The molecule has 4 rings (SSSR count). The van der Waals surface area contributed by atoms with Crippen LogP contribution in [0.1, 0.15) is 50.1 Å². The lowest BCUT2D eigenvalue weighted by Crippen LogP contribution is -2.19. The highest BCUT2D eigenvalue weighted by Gasteiger charge is 2.23. The molecule has 0 saturated heterocycles. The number of aryl methyl sites for hydroxylation is 2. The number of carbonyl (C=O) groups is 1. The van der Waals surface area contributed by atoms with Gasteiger partial charge in [0, 0.05) is 24.2 Å². The van der Waals surface area contributed by atoms with Gasteiger partial charge >= 0.3 is 0 Å². The number of hydrogen-bond acceptors (Lipinski definition) is 4. The Balaban J connectivity index is 0.000000448. The SMILES string of the molecule is C=C.CC(C)(C)O.CCc1c(C)c2c3c(cc(C)n3CCN2)c1-c1ccc(C)cc1.COC=O. The second kappa shape index (κ2) is 13.0. The summed E-state index contributed by atoms with van der Waals surface area (Å²) in [7, 11) is 1.31. The Morgan fingerprint density at radius 2 is 1.68 bits per heavy atom. The highest BCUT2D eigenvalue weighted by molar-refractivity contribution is 6.06. The van der Waals surface area contributed by atoms with Crippen LogP contribution in [0.4, 0.5) is 5.69 Å². The number of hydrogen-bond donors (Lipinski definition) is 2. The normalized spacial score (nSPS) is 11.6. The molecule has 2 heterocycles. The first kappa shape index (κ1) is 29.0. The standard InChI is InChI=1S/C21H24N2.C4H10O.C2H4O2.C2H4/c1-5-17-15(4)20-21-18(12-14(3)23(21)11-10-22-20)19(17)16-8-6-13(2)7-9-16;1-4(2,3)5;1-4-2-3;1-2/h6-9,12,22H,5,10-11H2,1-4H3;5H,1-3H3;2H,1H3;1-2H2. The zero-order valence-corrected chi connectivity index (χ0v) is 22.2. The largest absolute Gasteiger partial charge is 0.471 e. The van der Waals surface area contributed by atoms with E-state index in [2.05, 4.69) is 85.8 Å². The monoisotopic (exact) mass is 466 g/mol. The van der Waals surface area contributed by atoms with E-state index in [0.717, 1.165) is 19.5 Å². The van der Waals surface area contributed by atoms with Gasteiger partial charge in [0.1, 0.15) is 0 Å². The fourth-order valence-corrected chi connectivity index (χ4v) is 4.10. The molecule has 0 saturated carbocycles. The van der Waals surface area contributed by atoms with Crippen LogP contribution in [0.25, 0.3) is 22.0 Å². The summed E-state index contributed by atoms with van der Waals surface area (Å²) in [6.45, 7) is 22.6.